The Balaban J connectivity index is 1.90. The molecule has 5 heteroatoms. The average molecular weight is 270 g/mol. The summed E-state index contributed by atoms with van der Waals surface area (Å²) in [5.41, 5.74) is 5.82. The largest absolute Gasteiger partial charge is 0.379 e. The molecule has 2 fully saturated rings. The van der Waals surface area contributed by atoms with Crippen LogP contribution in [0.2, 0.25) is 0 Å². The topological polar surface area (TPSA) is 73.6 Å². The molecule has 1 amide bonds. The predicted octanol–water partition coefficient (Wildman–Crippen LogP) is 0.814. The van der Waals surface area contributed by atoms with Crippen LogP contribution in [0.25, 0.3) is 0 Å². The molecule has 5 nitrogen and oxygen atoms in total. The molecule has 0 aliphatic carbocycles. The predicted molar refractivity (Wildman–Crippen MR) is 72.7 cm³/mol. The Labute approximate surface area is 115 Å². The van der Waals surface area contributed by atoms with Crippen LogP contribution in [0.4, 0.5) is 0 Å². The molecule has 2 aliphatic rings. The van der Waals surface area contributed by atoms with E-state index in [9.17, 15) is 4.79 Å². The van der Waals surface area contributed by atoms with Crippen molar-refractivity contribution in [1.29, 1.82) is 0 Å². The van der Waals surface area contributed by atoms with Gasteiger partial charge in [-0.25, -0.2) is 0 Å². The minimum Gasteiger partial charge on any atom is -0.379 e. The first kappa shape index (κ1) is 14.8. The van der Waals surface area contributed by atoms with Crippen molar-refractivity contribution in [3.8, 4) is 0 Å². The summed E-state index contributed by atoms with van der Waals surface area (Å²) >= 11 is 0. The molecule has 0 aromatic rings. The standard InChI is InChI=1S/C14H26N2O3/c1-3-14(4-2)7-10(5-6-19-14)16-13(17)11-8-18-9-12(11)15/h10-12H,3-9,15H2,1-2H3,(H,16,17). The fraction of sp³-hybridized carbons (Fsp3) is 0.929. The second-order valence-electron chi connectivity index (χ2n) is 5.74. The van der Waals surface area contributed by atoms with Gasteiger partial charge in [-0.2, -0.15) is 0 Å². The van der Waals surface area contributed by atoms with Crippen LogP contribution in [0.3, 0.4) is 0 Å². The molecule has 0 aromatic carbocycles. The Bertz CT molecular complexity index is 318. The molecule has 0 radical (unpaired) electrons. The molecule has 3 N–H and O–H groups in total. The Kier molecular flexibility index (Phi) is 4.81. The summed E-state index contributed by atoms with van der Waals surface area (Å²) in [7, 11) is 0. The van der Waals surface area contributed by atoms with Crippen molar-refractivity contribution in [2.45, 2.75) is 57.2 Å². The highest BCUT2D eigenvalue weighted by Gasteiger charge is 2.37. The van der Waals surface area contributed by atoms with Crippen LogP contribution in [0.15, 0.2) is 0 Å². The van der Waals surface area contributed by atoms with E-state index in [1.807, 2.05) is 0 Å². The number of hydrogen-bond acceptors (Lipinski definition) is 4. The van der Waals surface area contributed by atoms with Crippen molar-refractivity contribution in [3.63, 3.8) is 0 Å². The molecule has 2 heterocycles. The number of nitrogens with one attached hydrogen (secondary N) is 1. The molecular formula is C14H26N2O3. The number of ether oxygens (including phenoxy) is 2. The Morgan fingerprint density at radius 1 is 1.37 bits per heavy atom. The molecular weight excluding hydrogens is 244 g/mol. The zero-order valence-electron chi connectivity index (χ0n) is 12.0. The maximum atomic E-state index is 12.2. The van der Waals surface area contributed by atoms with Gasteiger partial charge in [-0.15, -0.1) is 0 Å². The molecule has 3 atom stereocenters. The van der Waals surface area contributed by atoms with E-state index >= 15 is 0 Å². The highest BCUT2D eigenvalue weighted by atomic mass is 16.5. The minimum atomic E-state index is -0.194. The molecule has 2 rings (SSSR count). The van der Waals surface area contributed by atoms with Crippen molar-refractivity contribution in [2.24, 2.45) is 11.7 Å². The fourth-order valence-corrected chi connectivity index (χ4v) is 3.04. The van der Waals surface area contributed by atoms with Crippen molar-refractivity contribution < 1.29 is 14.3 Å². The summed E-state index contributed by atoms with van der Waals surface area (Å²) in [6.07, 6.45) is 3.76. The van der Waals surface area contributed by atoms with E-state index < -0.39 is 0 Å². The second kappa shape index (κ2) is 6.20. The van der Waals surface area contributed by atoms with Crippen molar-refractivity contribution in [3.05, 3.63) is 0 Å². The van der Waals surface area contributed by atoms with Gasteiger partial charge in [0.25, 0.3) is 0 Å². The van der Waals surface area contributed by atoms with Gasteiger partial charge < -0.3 is 20.5 Å². The lowest BCUT2D eigenvalue weighted by Gasteiger charge is -2.40. The van der Waals surface area contributed by atoms with Gasteiger partial charge in [-0.1, -0.05) is 13.8 Å². The summed E-state index contributed by atoms with van der Waals surface area (Å²) in [6.45, 7) is 5.95. The smallest absolute Gasteiger partial charge is 0.227 e. The van der Waals surface area contributed by atoms with Gasteiger partial charge in [0.15, 0.2) is 0 Å². The zero-order chi connectivity index (χ0) is 13.9. The normalized spacial score (nSPS) is 34.2. The van der Waals surface area contributed by atoms with E-state index in [-0.39, 0.29) is 29.5 Å². The lowest BCUT2D eigenvalue weighted by Crippen LogP contribution is -2.51. The van der Waals surface area contributed by atoms with Crippen LogP contribution in [-0.4, -0.2) is 43.4 Å². The van der Waals surface area contributed by atoms with E-state index in [1.165, 1.54) is 0 Å². The quantitative estimate of drug-likeness (QED) is 0.793. The third kappa shape index (κ3) is 3.27. The van der Waals surface area contributed by atoms with Gasteiger partial charge >= 0.3 is 0 Å². The molecule has 0 saturated carbocycles. The van der Waals surface area contributed by atoms with Crippen LogP contribution in [0.5, 0.6) is 0 Å². The number of amides is 1. The average Bonchev–Trinajstić information content (AvgIpc) is 2.85. The molecule has 110 valence electrons. The number of nitrogens with two attached hydrogens (primary N) is 1. The molecule has 19 heavy (non-hydrogen) atoms. The molecule has 0 spiro atoms. The van der Waals surface area contributed by atoms with Gasteiger partial charge in [0.1, 0.15) is 0 Å². The monoisotopic (exact) mass is 270 g/mol. The van der Waals surface area contributed by atoms with E-state index in [4.69, 9.17) is 15.2 Å². The van der Waals surface area contributed by atoms with Gasteiger partial charge in [0.2, 0.25) is 5.91 Å². The third-order valence-electron chi connectivity index (χ3n) is 4.59. The van der Waals surface area contributed by atoms with Crippen molar-refractivity contribution >= 4 is 5.91 Å². The summed E-state index contributed by atoms with van der Waals surface area (Å²) in [6, 6.07) is 0.0379. The Morgan fingerprint density at radius 2 is 2.11 bits per heavy atom. The van der Waals surface area contributed by atoms with Crippen molar-refractivity contribution in [2.75, 3.05) is 19.8 Å². The summed E-state index contributed by atoms with van der Waals surface area (Å²) < 4.78 is 11.2. The summed E-state index contributed by atoms with van der Waals surface area (Å²) in [5.74, 6) is -0.154. The van der Waals surface area contributed by atoms with Gasteiger partial charge in [-0.3, -0.25) is 4.79 Å². The van der Waals surface area contributed by atoms with Crippen LogP contribution in [0, 0.1) is 5.92 Å². The Morgan fingerprint density at radius 3 is 2.68 bits per heavy atom. The van der Waals surface area contributed by atoms with Crippen LogP contribution in [0.1, 0.15) is 39.5 Å². The maximum absolute atomic E-state index is 12.2. The third-order valence-corrected chi connectivity index (χ3v) is 4.59. The van der Waals surface area contributed by atoms with Crippen LogP contribution < -0.4 is 11.1 Å². The number of carbonyl (C=O) groups excluding carboxylic acids is 1. The first-order valence-corrected chi connectivity index (χ1v) is 7.38. The van der Waals surface area contributed by atoms with Gasteiger partial charge in [0.05, 0.1) is 24.7 Å². The van der Waals surface area contributed by atoms with Crippen LogP contribution in [-0.2, 0) is 14.3 Å². The number of rotatable bonds is 4. The summed E-state index contributed by atoms with van der Waals surface area (Å²) in [4.78, 5) is 12.2. The van der Waals surface area contributed by atoms with E-state index in [1.54, 1.807) is 0 Å². The molecule has 2 saturated heterocycles. The van der Waals surface area contributed by atoms with Crippen molar-refractivity contribution in [1.82, 2.24) is 5.32 Å². The second-order valence-corrected chi connectivity index (χ2v) is 5.74. The first-order chi connectivity index (χ1) is 9.10. The van der Waals surface area contributed by atoms with E-state index in [0.717, 1.165) is 32.3 Å². The summed E-state index contributed by atoms with van der Waals surface area (Å²) in [5, 5.41) is 3.14. The van der Waals surface area contributed by atoms with Gasteiger partial charge in [-0.05, 0) is 25.7 Å². The minimum absolute atomic E-state index is 0.0398. The molecule has 2 aliphatic heterocycles. The zero-order valence-corrected chi connectivity index (χ0v) is 12.0. The lowest BCUT2D eigenvalue weighted by atomic mass is 9.85. The van der Waals surface area contributed by atoms with Crippen LogP contribution >= 0.6 is 0 Å². The highest BCUT2D eigenvalue weighted by Crippen LogP contribution is 2.31. The lowest BCUT2D eigenvalue weighted by molar-refractivity contribution is -0.130. The first-order valence-electron chi connectivity index (χ1n) is 7.38. The highest BCUT2D eigenvalue weighted by molar-refractivity contribution is 5.80. The fourth-order valence-electron chi connectivity index (χ4n) is 3.04. The molecule has 0 aromatic heterocycles. The maximum Gasteiger partial charge on any atom is 0.227 e. The Hall–Kier alpha value is -0.650. The SMILES string of the molecule is CCC1(CC)CC(NC(=O)C2COCC2N)CCO1. The number of hydrogen-bond donors (Lipinski definition) is 2. The number of carbonyl (C=O) groups is 1. The molecule has 3 unspecified atom stereocenters. The molecule has 0 bridgehead atoms. The van der Waals surface area contributed by atoms with Gasteiger partial charge in [0, 0.05) is 18.7 Å². The van der Waals surface area contributed by atoms with E-state index in [0.29, 0.717) is 13.2 Å². The van der Waals surface area contributed by atoms with E-state index in [2.05, 4.69) is 19.2 Å².